The third kappa shape index (κ3) is 5.43. The van der Waals surface area contributed by atoms with Crippen molar-refractivity contribution in [3.63, 3.8) is 0 Å². The van der Waals surface area contributed by atoms with Gasteiger partial charge in [0.25, 0.3) is 0 Å². The van der Waals surface area contributed by atoms with Crippen molar-refractivity contribution in [2.24, 2.45) is 10.9 Å². The lowest BCUT2D eigenvalue weighted by Gasteiger charge is -2.32. The van der Waals surface area contributed by atoms with Gasteiger partial charge in [-0.1, -0.05) is 17.7 Å². The van der Waals surface area contributed by atoms with Gasteiger partial charge in [-0.25, -0.2) is 13.2 Å². The number of hydrogen-bond acceptors (Lipinski definition) is 11. The Kier molecular flexibility index (Phi) is 8.03. The highest BCUT2D eigenvalue weighted by Crippen LogP contribution is 2.45. The number of halogens is 4. The number of carbonyl (C=O) groups excluding carboxylic acids is 1. The Bertz CT molecular complexity index is 2330. The van der Waals surface area contributed by atoms with E-state index in [1.807, 2.05) is 11.0 Å². The first-order valence-corrected chi connectivity index (χ1v) is 19.8. The fourth-order valence-electron chi connectivity index (χ4n) is 9.57. The predicted molar refractivity (Wildman–Crippen MR) is 196 cm³/mol. The number of nitrogens with two attached hydrogens (primary N) is 1. The van der Waals surface area contributed by atoms with Gasteiger partial charge < -0.3 is 30.7 Å². The molecule has 0 radical (unpaired) electrons. The summed E-state index contributed by atoms with van der Waals surface area (Å²) in [5, 5.41) is 20.7. The van der Waals surface area contributed by atoms with Crippen molar-refractivity contribution in [2.75, 3.05) is 32.1 Å². The molecule has 6 atom stereocenters. The van der Waals surface area contributed by atoms with E-state index in [0.717, 1.165) is 37.1 Å². The summed E-state index contributed by atoms with van der Waals surface area (Å²) in [4.78, 5) is 21.9. The fraction of sp³-hybridized carbons (Fsp3) is 0.500. The van der Waals surface area contributed by atoms with Crippen molar-refractivity contribution in [3.05, 3.63) is 57.1 Å². The summed E-state index contributed by atoms with van der Waals surface area (Å²) in [6.45, 7) is 1.37. The molecule has 7 aliphatic rings. The molecule has 2 saturated carbocycles. The highest BCUT2D eigenvalue weighted by Gasteiger charge is 2.52. The van der Waals surface area contributed by atoms with Crippen LogP contribution >= 0.6 is 22.9 Å². The Morgan fingerprint density at radius 1 is 1.28 bits per heavy atom. The van der Waals surface area contributed by atoms with Crippen LogP contribution in [0.1, 0.15) is 56.9 Å². The van der Waals surface area contributed by atoms with Crippen molar-refractivity contribution < 1.29 is 27.4 Å². The highest BCUT2D eigenvalue weighted by molar-refractivity contribution is 7.23. The van der Waals surface area contributed by atoms with Crippen molar-refractivity contribution in [1.29, 1.82) is 5.26 Å². The number of hydrogen-bond donors (Lipinski definition) is 4. The first kappa shape index (κ1) is 34.3. The van der Waals surface area contributed by atoms with Gasteiger partial charge in [0.1, 0.15) is 48.2 Å². The molecule has 2 unspecified atom stereocenters. The highest BCUT2D eigenvalue weighted by atomic mass is 35.5. The first-order valence-electron chi connectivity index (χ1n) is 18.6. The van der Waals surface area contributed by atoms with Gasteiger partial charge in [-0.3, -0.25) is 20.0 Å². The SMILES string of the molecule is N#Cc1c(N)sc2c(F)ccc(-c3c(F)c4c5c(c3Cl)=NCNC=5N(C3CCC(NC(=O)[C@@H]5N[C@H]5C5CC5)C3)C=C(OC[C@@]35CCCN3C[C@H](F)C5)O4)c12. The number of alkyl halides is 1. The molecule has 6 heterocycles. The smallest absolute Gasteiger partial charge is 0.302 e. The van der Waals surface area contributed by atoms with E-state index in [2.05, 4.69) is 25.8 Å². The molecule has 0 bridgehead atoms. The van der Waals surface area contributed by atoms with E-state index in [1.54, 1.807) is 6.20 Å². The second-order valence-electron chi connectivity index (χ2n) is 15.7. The van der Waals surface area contributed by atoms with Crippen molar-refractivity contribution in [1.82, 2.24) is 25.8 Å². The van der Waals surface area contributed by atoms with Crippen LogP contribution in [0, 0.1) is 28.9 Å². The lowest BCUT2D eigenvalue weighted by Crippen LogP contribution is -2.47. The summed E-state index contributed by atoms with van der Waals surface area (Å²) < 4.78 is 60.3. The molecule has 10 rings (SSSR count). The zero-order valence-electron chi connectivity index (χ0n) is 29.2. The van der Waals surface area contributed by atoms with Crippen molar-refractivity contribution in [3.8, 4) is 22.9 Å². The maximum absolute atomic E-state index is 17.4. The number of nitrogens with zero attached hydrogens (tertiary/aromatic N) is 4. The van der Waals surface area contributed by atoms with Crippen LogP contribution in [0.4, 0.5) is 18.2 Å². The van der Waals surface area contributed by atoms with Crippen LogP contribution in [-0.4, -0.2) is 78.0 Å². The quantitative estimate of drug-likeness (QED) is 0.249. The van der Waals surface area contributed by atoms with E-state index in [0.29, 0.717) is 42.8 Å². The summed E-state index contributed by atoms with van der Waals surface area (Å²) in [6.07, 6.45) is 7.18. The third-order valence-electron chi connectivity index (χ3n) is 12.4. The summed E-state index contributed by atoms with van der Waals surface area (Å²) in [7, 11) is 0. The Morgan fingerprint density at radius 2 is 2.13 bits per heavy atom. The molecule has 16 heteroatoms. The van der Waals surface area contributed by atoms with Gasteiger partial charge in [-0.15, -0.1) is 11.3 Å². The molecule has 3 aromatic rings. The molecular formula is C38H38ClF3N8O3S. The van der Waals surface area contributed by atoms with Gasteiger partial charge in [0.15, 0.2) is 11.6 Å². The molecule has 1 amide bonds. The average Bonchev–Trinajstić information content (AvgIpc) is 4.01. The largest absolute Gasteiger partial charge is 0.462 e. The number of ether oxygens (including phenoxy) is 2. The van der Waals surface area contributed by atoms with E-state index in [9.17, 15) is 14.4 Å². The summed E-state index contributed by atoms with van der Waals surface area (Å²) in [5.41, 5.74) is 5.72. The number of fused-ring (bicyclic) bond motifs is 2. The number of carbonyl (C=O) groups is 1. The standard InChI is InChI=1S/C38H38ClF3N8O3S/c39-28-26(21-6-7-23(41)34-25(21)22(12-43)35(44)54-34)29(42)33-27-31(28)45-16-46-36(27)50(14-24(53-33)52-15-38-8-1-9-49(38)13-18(40)11-38)20-5-4-19(10-20)47-37(51)32-30(48-32)17-2-3-17/h6-7,14,17-20,30,32,46,48H,1-5,8-11,13,15-16,44H2,(H,47,51)/t18-,19?,20?,30+,32-,38+/m1/s1. The zero-order valence-corrected chi connectivity index (χ0v) is 30.8. The monoisotopic (exact) mass is 778 g/mol. The van der Waals surface area contributed by atoms with Crippen LogP contribution in [-0.2, 0) is 9.53 Å². The molecule has 2 aromatic carbocycles. The molecule has 5 aliphatic heterocycles. The Labute approximate surface area is 317 Å². The minimum Gasteiger partial charge on any atom is -0.462 e. The molecule has 0 spiro atoms. The van der Waals surface area contributed by atoms with Gasteiger partial charge in [-0.2, -0.15) is 5.26 Å². The maximum Gasteiger partial charge on any atom is 0.302 e. The van der Waals surface area contributed by atoms with Crippen molar-refractivity contribution >= 4 is 49.8 Å². The van der Waals surface area contributed by atoms with E-state index in [1.165, 1.54) is 25.0 Å². The number of anilines is 1. The second-order valence-corrected chi connectivity index (χ2v) is 17.1. The van der Waals surface area contributed by atoms with Gasteiger partial charge in [0.2, 0.25) is 5.91 Å². The van der Waals surface area contributed by atoms with Gasteiger partial charge >= 0.3 is 5.95 Å². The number of amides is 1. The van der Waals surface area contributed by atoms with Crippen LogP contribution in [0.25, 0.3) is 27.0 Å². The van der Waals surface area contributed by atoms with Gasteiger partial charge in [0, 0.05) is 42.0 Å². The van der Waals surface area contributed by atoms with E-state index >= 15 is 8.78 Å². The summed E-state index contributed by atoms with van der Waals surface area (Å²) in [6, 6.07) is 4.55. The van der Waals surface area contributed by atoms with Crippen LogP contribution in [0.5, 0.6) is 5.75 Å². The summed E-state index contributed by atoms with van der Waals surface area (Å²) in [5.74, 6) is -0.495. The minimum absolute atomic E-state index is 0.0142. The molecule has 3 saturated heterocycles. The zero-order chi connectivity index (χ0) is 37.0. The average molecular weight is 779 g/mol. The lowest BCUT2D eigenvalue weighted by molar-refractivity contribution is -0.121. The molecular weight excluding hydrogens is 741 g/mol. The minimum atomic E-state index is -0.965. The normalized spacial score (nSPS) is 29.8. The number of thiophene rings is 1. The molecule has 1 aromatic heterocycles. The van der Waals surface area contributed by atoms with E-state index < -0.39 is 23.3 Å². The van der Waals surface area contributed by atoms with Gasteiger partial charge in [-0.05, 0) is 69.0 Å². The van der Waals surface area contributed by atoms with Crippen LogP contribution < -0.4 is 37.0 Å². The number of benzene rings is 2. The number of nitrogens with one attached hydrogen (secondary N) is 3. The molecule has 5 N–H and O–H groups in total. The topological polar surface area (TPSA) is 150 Å². The molecule has 11 nitrogen and oxygen atoms in total. The maximum atomic E-state index is 17.4. The van der Waals surface area contributed by atoms with E-state index in [4.69, 9.17) is 26.8 Å². The third-order valence-corrected chi connectivity index (χ3v) is 13.8. The molecule has 5 fully saturated rings. The summed E-state index contributed by atoms with van der Waals surface area (Å²) >= 11 is 8.01. The molecule has 2 aliphatic carbocycles. The fourth-order valence-corrected chi connectivity index (χ4v) is 10.9. The van der Waals surface area contributed by atoms with Gasteiger partial charge in [0.05, 0.1) is 37.6 Å². The number of nitriles is 1. The van der Waals surface area contributed by atoms with Crippen LogP contribution in [0.3, 0.4) is 0 Å². The molecule has 282 valence electrons. The van der Waals surface area contributed by atoms with E-state index in [-0.39, 0.29) is 97.2 Å². The first-order chi connectivity index (χ1) is 26.1. The number of nitrogen functional groups attached to an aromatic ring is 1. The van der Waals surface area contributed by atoms with Crippen LogP contribution in [0.15, 0.2) is 29.3 Å². The molecule has 54 heavy (non-hydrogen) atoms. The Morgan fingerprint density at radius 3 is 2.94 bits per heavy atom. The predicted octanol–water partition coefficient (Wildman–Crippen LogP) is 4.07. The lowest BCUT2D eigenvalue weighted by atomic mass is 9.95. The Hall–Kier alpha value is -4.23. The van der Waals surface area contributed by atoms with Crippen molar-refractivity contribution in [2.45, 2.75) is 87.2 Å². The van der Waals surface area contributed by atoms with Crippen LogP contribution in [0.2, 0.25) is 5.02 Å². The second kappa shape index (κ2) is 12.7. The Balaban J connectivity index is 1.07. The number of rotatable bonds is 8.